The van der Waals surface area contributed by atoms with E-state index in [2.05, 4.69) is 25.1 Å². The average molecular weight is 286 g/mol. The Hall–Kier alpha value is -1.83. The Balaban J connectivity index is 2.45. The van der Waals surface area contributed by atoms with E-state index in [-0.39, 0.29) is 0 Å². The van der Waals surface area contributed by atoms with E-state index >= 15 is 0 Å². The first kappa shape index (κ1) is 17.2. The number of aryl methyl sites for hydroxylation is 1. The van der Waals surface area contributed by atoms with Gasteiger partial charge in [-0.3, -0.25) is 0 Å². The molecule has 0 amide bonds. The Morgan fingerprint density at radius 1 is 1.14 bits per heavy atom. The third-order valence-electron chi connectivity index (χ3n) is 3.41. The topological polar surface area (TPSA) is 37.3 Å². The van der Waals surface area contributed by atoms with Gasteiger partial charge < -0.3 is 5.11 Å². The summed E-state index contributed by atoms with van der Waals surface area (Å²) in [5, 5.41) is 8.94. The molecule has 0 aliphatic carbocycles. The maximum atomic E-state index is 10.9. The van der Waals surface area contributed by atoms with Gasteiger partial charge in [0.2, 0.25) is 0 Å². The van der Waals surface area contributed by atoms with Crippen LogP contribution in [0.1, 0.15) is 51.0 Å². The van der Waals surface area contributed by atoms with E-state index in [1.54, 1.807) is 0 Å². The molecule has 2 heteroatoms. The zero-order valence-electron chi connectivity index (χ0n) is 12.9. The molecule has 0 aromatic heterocycles. The van der Waals surface area contributed by atoms with E-state index in [0.717, 1.165) is 24.8 Å². The molecule has 0 heterocycles. The molecule has 1 aromatic rings. The standard InChI is InChI=1S/C19H26O2/c1-2-3-4-5-6-8-13-18(16-19(20)21)15-14-17-11-9-7-10-12-17/h7-13,16H,2-6,14-15H2,1H3,(H,20,21)/b13-8+,18-16-. The molecule has 0 atom stereocenters. The molecule has 0 unspecified atom stereocenters. The maximum Gasteiger partial charge on any atom is 0.328 e. The summed E-state index contributed by atoms with van der Waals surface area (Å²) in [5.74, 6) is -0.867. The Bertz CT molecular complexity index is 458. The fourth-order valence-corrected chi connectivity index (χ4v) is 2.22. The van der Waals surface area contributed by atoms with Crippen molar-refractivity contribution < 1.29 is 9.90 Å². The van der Waals surface area contributed by atoms with E-state index in [4.69, 9.17) is 5.11 Å². The zero-order valence-corrected chi connectivity index (χ0v) is 12.9. The first-order valence-electron chi connectivity index (χ1n) is 7.86. The van der Waals surface area contributed by atoms with E-state index in [1.165, 1.54) is 37.3 Å². The van der Waals surface area contributed by atoms with Crippen LogP contribution in [0.4, 0.5) is 0 Å². The summed E-state index contributed by atoms with van der Waals surface area (Å²) in [4.78, 5) is 10.9. The van der Waals surface area contributed by atoms with Crippen molar-refractivity contribution >= 4 is 5.97 Å². The van der Waals surface area contributed by atoms with Crippen molar-refractivity contribution in [2.45, 2.75) is 51.9 Å². The van der Waals surface area contributed by atoms with Crippen LogP contribution in [0, 0.1) is 0 Å². The van der Waals surface area contributed by atoms with Crippen molar-refractivity contribution in [2.75, 3.05) is 0 Å². The smallest absolute Gasteiger partial charge is 0.328 e. The molecular formula is C19H26O2. The number of hydrogen-bond donors (Lipinski definition) is 1. The van der Waals surface area contributed by atoms with Crippen molar-refractivity contribution in [3.63, 3.8) is 0 Å². The predicted octanol–water partition coefficient (Wildman–Crippen LogP) is 5.16. The van der Waals surface area contributed by atoms with E-state index in [1.807, 2.05) is 24.3 Å². The van der Waals surface area contributed by atoms with Gasteiger partial charge in [-0.25, -0.2) is 4.79 Å². The normalized spacial score (nSPS) is 12.0. The summed E-state index contributed by atoms with van der Waals surface area (Å²) < 4.78 is 0. The van der Waals surface area contributed by atoms with Crippen LogP contribution in [0.15, 0.2) is 54.1 Å². The number of carboxylic acids is 1. The van der Waals surface area contributed by atoms with Gasteiger partial charge in [0.05, 0.1) is 0 Å². The highest BCUT2D eigenvalue weighted by Gasteiger charge is 1.99. The number of carboxylic acid groups (broad SMARTS) is 1. The Morgan fingerprint density at radius 2 is 1.90 bits per heavy atom. The summed E-state index contributed by atoms with van der Waals surface area (Å²) in [6.07, 6.45) is 13.0. The second-order valence-corrected chi connectivity index (χ2v) is 5.29. The van der Waals surface area contributed by atoms with Crippen LogP contribution in [0.25, 0.3) is 0 Å². The summed E-state index contributed by atoms with van der Waals surface area (Å²) in [6, 6.07) is 10.2. The van der Waals surface area contributed by atoms with Crippen molar-refractivity contribution in [3.8, 4) is 0 Å². The van der Waals surface area contributed by atoms with Gasteiger partial charge in [-0.05, 0) is 36.8 Å². The maximum absolute atomic E-state index is 10.9. The van der Waals surface area contributed by atoms with E-state index in [0.29, 0.717) is 0 Å². The molecule has 0 aliphatic heterocycles. The summed E-state index contributed by atoms with van der Waals surface area (Å²) >= 11 is 0. The van der Waals surface area contributed by atoms with Crippen molar-refractivity contribution in [1.82, 2.24) is 0 Å². The van der Waals surface area contributed by atoms with Gasteiger partial charge in [0.1, 0.15) is 0 Å². The van der Waals surface area contributed by atoms with Crippen LogP contribution in [-0.4, -0.2) is 11.1 Å². The van der Waals surface area contributed by atoms with Gasteiger partial charge in [-0.2, -0.15) is 0 Å². The zero-order chi connectivity index (χ0) is 15.3. The monoisotopic (exact) mass is 286 g/mol. The number of benzene rings is 1. The number of hydrogen-bond acceptors (Lipinski definition) is 1. The summed E-state index contributed by atoms with van der Waals surface area (Å²) in [5.41, 5.74) is 2.13. The minimum Gasteiger partial charge on any atom is -0.478 e. The third-order valence-corrected chi connectivity index (χ3v) is 3.41. The molecule has 0 fully saturated rings. The lowest BCUT2D eigenvalue weighted by Crippen LogP contribution is -1.93. The van der Waals surface area contributed by atoms with Crippen LogP contribution >= 0.6 is 0 Å². The van der Waals surface area contributed by atoms with Crippen LogP contribution in [-0.2, 0) is 11.2 Å². The molecule has 21 heavy (non-hydrogen) atoms. The largest absolute Gasteiger partial charge is 0.478 e. The number of unbranched alkanes of at least 4 members (excludes halogenated alkanes) is 4. The predicted molar refractivity (Wildman–Crippen MR) is 88.4 cm³/mol. The quantitative estimate of drug-likeness (QED) is 0.366. The van der Waals surface area contributed by atoms with Gasteiger partial charge in [-0.1, -0.05) is 68.7 Å². The molecule has 0 bridgehead atoms. The Morgan fingerprint density at radius 3 is 2.57 bits per heavy atom. The highest BCUT2D eigenvalue weighted by molar-refractivity contribution is 5.81. The van der Waals surface area contributed by atoms with E-state index < -0.39 is 5.97 Å². The molecule has 1 aromatic carbocycles. The first-order chi connectivity index (χ1) is 10.2. The van der Waals surface area contributed by atoms with Gasteiger partial charge in [0.25, 0.3) is 0 Å². The molecule has 0 spiro atoms. The van der Waals surface area contributed by atoms with Gasteiger partial charge >= 0.3 is 5.97 Å². The van der Waals surface area contributed by atoms with Gasteiger partial charge in [-0.15, -0.1) is 0 Å². The highest BCUT2D eigenvalue weighted by Crippen LogP contribution is 2.12. The lowest BCUT2D eigenvalue weighted by atomic mass is 10.0. The lowest BCUT2D eigenvalue weighted by Gasteiger charge is -2.03. The molecule has 1 rings (SSSR count). The highest BCUT2D eigenvalue weighted by atomic mass is 16.4. The fourth-order valence-electron chi connectivity index (χ4n) is 2.22. The Kier molecular flexibility index (Phi) is 8.94. The third kappa shape index (κ3) is 8.85. The average Bonchev–Trinajstić information content (AvgIpc) is 2.48. The SMILES string of the molecule is CCCCCC/C=C/C(=C/C(=O)O)CCc1ccccc1. The van der Waals surface area contributed by atoms with E-state index in [9.17, 15) is 4.79 Å². The van der Waals surface area contributed by atoms with Gasteiger partial charge in [0.15, 0.2) is 0 Å². The molecule has 2 nitrogen and oxygen atoms in total. The number of rotatable bonds is 10. The van der Waals surface area contributed by atoms with Crippen LogP contribution < -0.4 is 0 Å². The molecule has 1 N–H and O–H groups in total. The number of allylic oxidation sites excluding steroid dienone is 3. The second-order valence-electron chi connectivity index (χ2n) is 5.29. The molecular weight excluding hydrogens is 260 g/mol. The van der Waals surface area contributed by atoms with Crippen molar-refractivity contribution in [3.05, 3.63) is 59.7 Å². The molecule has 114 valence electrons. The van der Waals surface area contributed by atoms with Gasteiger partial charge in [0, 0.05) is 6.08 Å². The summed E-state index contributed by atoms with van der Waals surface area (Å²) in [6.45, 7) is 2.20. The van der Waals surface area contributed by atoms with Crippen LogP contribution in [0.5, 0.6) is 0 Å². The minimum atomic E-state index is -0.867. The molecule has 0 saturated heterocycles. The van der Waals surface area contributed by atoms with Crippen LogP contribution in [0.2, 0.25) is 0 Å². The molecule has 0 radical (unpaired) electrons. The molecule has 0 aliphatic rings. The Labute approximate surface area is 128 Å². The fraction of sp³-hybridized carbons (Fsp3) is 0.421. The van der Waals surface area contributed by atoms with Crippen molar-refractivity contribution in [2.24, 2.45) is 0 Å². The number of aliphatic carboxylic acids is 1. The van der Waals surface area contributed by atoms with Crippen molar-refractivity contribution in [1.29, 1.82) is 0 Å². The summed E-state index contributed by atoms with van der Waals surface area (Å²) in [7, 11) is 0. The lowest BCUT2D eigenvalue weighted by molar-refractivity contribution is -0.131. The number of carbonyl (C=O) groups is 1. The van der Waals surface area contributed by atoms with Crippen LogP contribution in [0.3, 0.4) is 0 Å². The molecule has 0 saturated carbocycles. The second kappa shape index (κ2) is 10.9. The first-order valence-corrected chi connectivity index (χ1v) is 7.86. The minimum absolute atomic E-state index is 0.766.